The Kier molecular flexibility index (Phi) is 3.07. The van der Waals surface area contributed by atoms with Crippen molar-refractivity contribution < 1.29 is 4.79 Å². The van der Waals surface area contributed by atoms with Gasteiger partial charge in [-0.1, -0.05) is 28.1 Å². The lowest BCUT2D eigenvalue weighted by Gasteiger charge is -2.04. The van der Waals surface area contributed by atoms with E-state index in [1.807, 2.05) is 24.3 Å². The maximum Gasteiger partial charge on any atom is 0.224 e. The summed E-state index contributed by atoms with van der Waals surface area (Å²) in [5.74, 6) is 0.0473. The largest absolute Gasteiger partial charge is 0.351 e. The summed E-state index contributed by atoms with van der Waals surface area (Å²) in [6.45, 7) is 0. The fourth-order valence-corrected chi connectivity index (χ4v) is 1.92. The molecule has 2 atom stereocenters. The van der Waals surface area contributed by atoms with Crippen LogP contribution in [-0.2, 0) is 11.2 Å². The van der Waals surface area contributed by atoms with Crippen molar-refractivity contribution in [2.24, 2.45) is 5.73 Å². The zero-order valence-corrected chi connectivity index (χ0v) is 9.83. The van der Waals surface area contributed by atoms with E-state index in [-0.39, 0.29) is 18.0 Å². The number of hydrogen-bond donors (Lipinski definition) is 2. The van der Waals surface area contributed by atoms with E-state index >= 15 is 0 Å². The molecule has 4 heteroatoms. The van der Waals surface area contributed by atoms with E-state index in [1.54, 1.807) is 0 Å². The average molecular weight is 269 g/mol. The van der Waals surface area contributed by atoms with E-state index in [0.29, 0.717) is 6.42 Å². The molecule has 0 heterocycles. The van der Waals surface area contributed by atoms with E-state index in [9.17, 15) is 4.79 Å². The van der Waals surface area contributed by atoms with Crippen LogP contribution in [0.2, 0.25) is 0 Å². The molecule has 1 saturated carbocycles. The first kappa shape index (κ1) is 10.6. The maximum absolute atomic E-state index is 11.5. The minimum Gasteiger partial charge on any atom is -0.351 e. The van der Waals surface area contributed by atoms with E-state index in [0.717, 1.165) is 16.5 Å². The molecule has 3 N–H and O–H groups in total. The minimum atomic E-state index is 0.0473. The van der Waals surface area contributed by atoms with Gasteiger partial charge in [-0.3, -0.25) is 4.79 Å². The van der Waals surface area contributed by atoms with Crippen LogP contribution in [0.25, 0.3) is 0 Å². The van der Waals surface area contributed by atoms with Crippen molar-refractivity contribution >= 4 is 21.8 Å². The molecule has 1 amide bonds. The molecule has 1 aliphatic carbocycles. The van der Waals surface area contributed by atoms with Gasteiger partial charge in [-0.25, -0.2) is 0 Å². The van der Waals surface area contributed by atoms with E-state index < -0.39 is 0 Å². The van der Waals surface area contributed by atoms with E-state index in [2.05, 4.69) is 21.2 Å². The molecule has 0 saturated heterocycles. The van der Waals surface area contributed by atoms with Gasteiger partial charge in [0.25, 0.3) is 0 Å². The summed E-state index contributed by atoms with van der Waals surface area (Å²) < 4.78 is 0.996. The Labute approximate surface area is 97.2 Å². The Morgan fingerprint density at radius 3 is 2.93 bits per heavy atom. The van der Waals surface area contributed by atoms with Gasteiger partial charge in [0, 0.05) is 16.6 Å². The first-order chi connectivity index (χ1) is 7.15. The maximum atomic E-state index is 11.5. The molecule has 80 valence electrons. The van der Waals surface area contributed by atoms with E-state index in [1.165, 1.54) is 0 Å². The highest BCUT2D eigenvalue weighted by Crippen LogP contribution is 2.18. The number of nitrogens with one attached hydrogen (secondary N) is 1. The topological polar surface area (TPSA) is 55.1 Å². The standard InChI is InChI=1S/C11H13BrN2O/c12-8-3-1-2-7(4-8)5-11(15)14-10-6-9(10)13/h1-4,9-10H,5-6,13H2,(H,14,15). The molecule has 1 aliphatic rings. The monoisotopic (exact) mass is 268 g/mol. The number of nitrogens with two attached hydrogens (primary N) is 1. The van der Waals surface area contributed by atoms with Gasteiger partial charge in [0.2, 0.25) is 5.91 Å². The highest BCUT2D eigenvalue weighted by atomic mass is 79.9. The molecule has 3 nitrogen and oxygen atoms in total. The highest BCUT2D eigenvalue weighted by molar-refractivity contribution is 9.10. The molecule has 0 aliphatic heterocycles. The van der Waals surface area contributed by atoms with Crippen LogP contribution >= 0.6 is 15.9 Å². The second-order valence-corrected chi connectivity index (χ2v) is 4.80. The fourth-order valence-electron chi connectivity index (χ4n) is 1.47. The van der Waals surface area contributed by atoms with Crippen molar-refractivity contribution in [3.8, 4) is 0 Å². The van der Waals surface area contributed by atoms with Crippen molar-refractivity contribution in [1.82, 2.24) is 5.32 Å². The Hall–Kier alpha value is -0.870. The third-order valence-electron chi connectivity index (χ3n) is 2.44. The molecule has 0 radical (unpaired) electrons. The van der Waals surface area contributed by atoms with Crippen LogP contribution in [0.1, 0.15) is 12.0 Å². The normalized spacial score (nSPS) is 23.6. The molecule has 0 aromatic heterocycles. The van der Waals surface area contributed by atoms with Crippen molar-refractivity contribution in [3.63, 3.8) is 0 Å². The van der Waals surface area contributed by atoms with Gasteiger partial charge >= 0.3 is 0 Å². The molecule has 1 fully saturated rings. The van der Waals surface area contributed by atoms with Gasteiger partial charge < -0.3 is 11.1 Å². The van der Waals surface area contributed by atoms with Crippen molar-refractivity contribution in [3.05, 3.63) is 34.3 Å². The molecule has 2 unspecified atom stereocenters. The lowest BCUT2D eigenvalue weighted by Crippen LogP contribution is -2.30. The molecular weight excluding hydrogens is 256 g/mol. The molecule has 1 aromatic carbocycles. The lowest BCUT2D eigenvalue weighted by molar-refractivity contribution is -0.120. The average Bonchev–Trinajstić information content (AvgIpc) is 2.81. The number of benzene rings is 1. The van der Waals surface area contributed by atoms with Gasteiger partial charge in [-0.15, -0.1) is 0 Å². The second-order valence-electron chi connectivity index (χ2n) is 3.88. The predicted octanol–water partition coefficient (Wildman–Crippen LogP) is 1.21. The predicted molar refractivity (Wildman–Crippen MR) is 62.4 cm³/mol. The number of carbonyl (C=O) groups is 1. The highest BCUT2D eigenvalue weighted by Gasteiger charge is 2.34. The summed E-state index contributed by atoms with van der Waals surface area (Å²) in [4.78, 5) is 11.5. The molecule has 2 rings (SSSR count). The van der Waals surface area contributed by atoms with Crippen LogP contribution in [-0.4, -0.2) is 18.0 Å². The van der Waals surface area contributed by atoms with Crippen molar-refractivity contribution in [2.75, 3.05) is 0 Å². The number of rotatable bonds is 3. The van der Waals surface area contributed by atoms with Gasteiger partial charge in [-0.2, -0.15) is 0 Å². The lowest BCUT2D eigenvalue weighted by atomic mass is 10.1. The number of hydrogen-bond acceptors (Lipinski definition) is 2. The van der Waals surface area contributed by atoms with Gasteiger partial charge in [0.15, 0.2) is 0 Å². The van der Waals surface area contributed by atoms with Crippen LogP contribution in [0.4, 0.5) is 0 Å². The summed E-state index contributed by atoms with van der Waals surface area (Å²) in [6.07, 6.45) is 1.33. The summed E-state index contributed by atoms with van der Waals surface area (Å²) in [5, 5.41) is 2.89. The Morgan fingerprint density at radius 1 is 1.60 bits per heavy atom. The molecule has 15 heavy (non-hydrogen) atoms. The number of halogens is 1. The van der Waals surface area contributed by atoms with Crippen LogP contribution in [0, 0.1) is 0 Å². The van der Waals surface area contributed by atoms with E-state index in [4.69, 9.17) is 5.73 Å². The number of amides is 1. The molecule has 0 spiro atoms. The summed E-state index contributed by atoms with van der Waals surface area (Å²) in [7, 11) is 0. The first-order valence-corrected chi connectivity index (χ1v) is 5.74. The Balaban J connectivity index is 1.88. The number of carbonyl (C=O) groups excluding carboxylic acids is 1. The molecule has 1 aromatic rings. The first-order valence-electron chi connectivity index (χ1n) is 4.94. The van der Waals surface area contributed by atoms with Crippen molar-refractivity contribution in [1.29, 1.82) is 0 Å². The zero-order chi connectivity index (χ0) is 10.8. The fraction of sp³-hybridized carbons (Fsp3) is 0.364. The Morgan fingerprint density at radius 2 is 2.33 bits per heavy atom. The van der Waals surface area contributed by atoms with Crippen LogP contribution in [0.3, 0.4) is 0 Å². The SMILES string of the molecule is NC1CC1NC(=O)Cc1cccc(Br)c1. The van der Waals surface area contributed by atoms with Crippen LogP contribution in [0.5, 0.6) is 0 Å². The van der Waals surface area contributed by atoms with Crippen molar-refractivity contribution in [2.45, 2.75) is 24.9 Å². The minimum absolute atomic E-state index is 0.0473. The summed E-state index contributed by atoms with van der Waals surface area (Å²) in [6, 6.07) is 8.12. The summed E-state index contributed by atoms with van der Waals surface area (Å²) in [5.41, 5.74) is 6.62. The zero-order valence-electron chi connectivity index (χ0n) is 8.24. The molecular formula is C11H13BrN2O. The smallest absolute Gasteiger partial charge is 0.224 e. The Bertz CT molecular complexity index is 381. The van der Waals surface area contributed by atoms with Crippen LogP contribution < -0.4 is 11.1 Å². The van der Waals surface area contributed by atoms with Crippen LogP contribution in [0.15, 0.2) is 28.7 Å². The van der Waals surface area contributed by atoms with Gasteiger partial charge in [0.05, 0.1) is 6.42 Å². The second kappa shape index (κ2) is 4.33. The summed E-state index contributed by atoms with van der Waals surface area (Å²) >= 11 is 3.37. The van der Waals surface area contributed by atoms with Gasteiger partial charge in [0.1, 0.15) is 0 Å². The third-order valence-corrected chi connectivity index (χ3v) is 2.93. The third kappa shape index (κ3) is 3.04. The van der Waals surface area contributed by atoms with Gasteiger partial charge in [-0.05, 0) is 24.1 Å². The quantitative estimate of drug-likeness (QED) is 0.866. The molecule has 0 bridgehead atoms.